The Balaban J connectivity index is 2.26. The topological polar surface area (TPSA) is 60.8 Å². The number of carbonyl (C=O) groups excluding carboxylic acids is 1. The van der Waals surface area contributed by atoms with Gasteiger partial charge in [-0.15, -0.1) is 0 Å². The Morgan fingerprint density at radius 2 is 1.43 bits per heavy atom. The van der Waals surface area contributed by atoms with Gasteiger partial charge in [0.05, 0.1) is 5.69 Å². The van der Waals surface area contributed by atoms with Crippen molar-refractivity contribution in [3.05, 3.63) is 52.6 Å². The first kappa shape index (κ1) is 20.0. The van der Waals surface area contributed by atoms with Crippen LogP contribution in [0.5, 0.6) is 11.5 Å². The van der Waals surface area contributed by atoms with Gasteiger partial charge in [0.1, 0.15) is 11.5 Å². The molecule has 4 nitrogen and oxygen atoms in total. The number of nitrogens with zero attached hydrogens (tertiary/aromatic N) is 1. The summed E-state index contributed by atoms with van der Waals surface area (Å²) in [6.07, 6.45) is 1.86. The van der Waals surface area contributed by atoms with E-state index in [1.54, 1.807) is 30.1 Å². The number of benzene rings is 2. The van der Waals surface area contributed by atoms with Gasteiger partial charge in [-0.25, -0.2) is 0 Å². The molecule has 4 heteroatoms. The summed E-state index contributed by atoms with van der Waals surface area (Å²) in [7, 11) is 1.73. The normalized spacial score (nSPS) is 16.0. The Hall–Kier alpha value is -2.75. The van der Waals surface area contributed by atoms with Crippen LogP contribution in [-0.2, 0) is 15.6 Å². The number of rotatable bonds is 1. The molecule has 0 aromatic heterocycles. The fraction of sp³-hybridized carbons (Fsp3) is 0.375. The third-order valence-electron chi connectivity index (χ3n) is 5.23. The summed E-state index contributed by atoms with van der Waals surface area (Å²) >= 11 is 0. The molecular weight excluding hydrogens is 350 g/mol. The number of carbonyl (C=O) groups is 1. The molecule has 2 aromatic carbocycles. The molecule has 2 aromatic rings. The van der Waals surface area contributed by atoms with Crippen molar-refractivity contribution in [3.63, 3.8) is 0 Å². The molecule has 28 heavy (non-hydrogen) atoms. The van der Waals surface area contributed by atoms with Crippen LogP contribution in [0.1, 0.15) is 63.8 Å². The largest absolute Gasteiger partial charge is 0.508 e. The number of likely N-dealkylation sites (N-methyl/N-ethyl adjacent to an activating group) is 1. The van der Waals surface area contributed by atoms with Gasteiger partial charge in [0, 0.05) is 29.3 Å². The maximum Gasteiger partial charge on any atom is 0.258 e. The van der Waals surface area contributed by atoms with Gasteiger partial charge < -0.3 is 15.1 Å². The van der Waals surface area contributed by atoms with Crippen LogP contribution in [0.2, 0.25) is 0 Å². The first-order valence-corrected chi connectivity index (χ1v) is 9.52. The van der Waals surface area contributed by atoms with Crippen LogP contribution in [0.3, 0.4) is 0 Å². The standard InChI is InChI=1S/C24H29NO3/c1-23(2,3)18-11-14(12-19(21(18)27)24(4,5)6)10-17-16-13-15(26)8-9-20(16)25(7)22(17)28/h8-13,26-27H,1-7H3/b17-10-. The highest BCUT2D eigenvalue weighted by Gasteiger charge is 2.31. The van der Waals surface area contributed by atoms with E-state index >= 15 is 0 Å². The molecule has 148 valence electrons. The summed E-state index contributed by atoms with van der Waals surface area (Å²) in [4.78, 5) is 14.4. The number of hydrogen-bond donors (Lipinski definition) is 2. The second-order valence-electron chi connectivity index (χ2n) is 9.59. The smallest absolute Gasteiger partial charge is 0.258 e. The minimum absolute atomic E-state index is 0.108. The number of phenols is 2. The zero-order valence-electron chi connectivity index (χ0n) is 17.7. The van der Waals surface area contributed by atoms with Crippen molar-refractivity contribution in [2.75, 3.05) is 11.9 Å². The van der Waals surface area contributed by atoms with Gasteiger partial charge in [-0.1, -0.05) is 41.5 Å². The van der Waals surface area contributed by atoms with E-state index in [9.17, 15) is 15.0 Å². The summed E-state index contributed by atoms with van der Waals surface area (Å²) in [5.41, 5.74) is 4.11. The van der Waals surface area contributed by atoms with E-state index in [-0.39, 0.29) is 22.5 Å². The first-order valence-electron chi connectivity index (χ1n) is 9.52. The minimum Gasteiger partial charge on any atom is -0.508 e. The first-order chi connectivity index (χ1) is 12.8. The number of phenolic OH excluding ortho intramolecular Hbond substituents is 2. The van der Waals surface area contributed by atoms with Gasteiger partial charge >= 0.3 is 0 Å². The summed E-state index contributed by atoms with van der Waals surface area (Å²) in [6, 6.07) is 8.86. The summed E-state index contributed by atoms with van der Waals surface area (Å²) in [6.45, 7) is 12.4. The average molecular weight is 380 g/mol. The van der Waals surface area contributed by atoms with Gasteiger partial charge in [-0.2, -0.15) is 0 Å². The van der Waals surface area contributed by atoms with E-state index in [0.717, 1.165) is 27.9 Å². The van der Waals surface area contributed by atoms with E-state index in [2.05, 4.69) is 41.5 Å². The fourth-order valence-corrected chi connectivity index (χ4v) is 3.63. The van der Waals surface area contributed by atoms with Gasteiger partial charge in [-0.05, 0) is 52.8 Å². The van der Waals surface area contributed by atoms with Gasteiger partial charge in [0.2, 0.25) is 0 Å². The van der Waals surface area contributed by atoms with Gasteiger partial charge in [0.25, 0.3) is 5.91 Å². The van der Waals surface area contributed by atoms with Crippen LogP contribution in [0.15, 0.2) is 30.3 Å². The maximum absolute atomic E-state index is 12.8. The lowest BCUT2D eigenvalue weighted by atomic mass is 9.78. The molecule has 0 radical (unpaired) electrons. The number of fused-ring (bicyclic) bond motifs is 1. The van der Waals surface area contributed by atoms with Crippen molar-refractivity contribution in [1.82, 2.24) is 0 Å². The predicted octanol–water partition coefficient (Wildman–Crippen LogP) is 5.21. The summed E-state index contributed by atoms with van der Waals surface area (Å²) < 4.78 is 0. The molecular formula is C24H29NO3. The average Bonchev–Trinajstić information content (AvgIpc) is 2.78. The molecule has 0 fully saturated rings. The third-order valence-corrected chi connectivity index (χ3v) is 5.23. The van der Waals surface area contributed by atoms with Crippen molar-refractivity contribution in [2.24, 2.45) is 0 Å². The van der Waals surface area contributed by atoms with Crippen molar-refractivity contribution < 1.29 is 15.0 Å². The van der Waals surface area contributed by atoms with Crippen LogP contribution >= 0.6 is 0 Å². The molecule has 1 aliphatic heterocycles. The lowest BCUT2D eigenvalue weighted by Crippen LogP contribution is -2.20. The lowest BCUT2D eigenvalue weighted by molar-refractivity contribution is -0.112. The Kier molecular flexibility index (Phi) is 4.57. The molecule has 3 rings (SSSR count). The monoisotopic (exact) mass is 379 g/mol. The zero-order chi connectivity index (χ0) is 21.0. The van der Waals surface area contributed by atoms with Crippen molar-refractivity contribution in [3.8, 4) is 11.5 Å². The Morgan fingerprint density at radius 1 is 0.893 bits per heavy atom. The highest BCUT2D eigenvalue weighted by Crippen LogP contribution is 2.42. The maximum atomic E-state index is 12.8. The molecule has 0 saturated carbocycles. The van der Waals surface area contributed by atoms with Crippen LogP contribution in [-0.4, -0.2) is 23.2 Å². The van der Waals surface area contributed by atoms with E-state index < -0.39 is 0 Å². The quantitative estimate of drug-likeness (QED) is 0.669. The van der Waals surface area contributed by atoms with Crippen LogP contribution in [0.25, 0.3) is 11.6 Å². The van der Waals surface area contributed by atoms with Crippen LogP contribution in [0.4, 0.5) is 5.69 Å². The Bertz CT molecular complexity index is 953. The molecule has 1 amide bonds. The molecule has 0 atom stereocenters. The Morgan fingerprint density at radius 3 is 1.93 bits per heavy atom. The third kappa shape index (κ3) is 3.39. The van der Waals surface area contributed by atoms with E-state index in [4.69, 9.17) is 0 Å². The van der Waals surface area contributed by atoms with E-state index in [1.165, 1.54) is 0 Å². The minimum atomic E-state index is -0.245. The number of aromatic hydroxyl groups is 2. The van der Waals surface area contributed by atoms with Crippen LogP contribution < -0.4 is 4.90 Å². The van der Waals surface area contributed by atoms with Crippen molar-refractivity contribution in [1.29, 1.82) is 0 Å². The molecule has 1 heterocycles. The second kappa shape index (κ2) is 6.40. The highest BCUT2D eigenvalue weighted by molar-refractivity contribution is 6.35. The fourth-order valence-electron chi connectivity index (χ4n) is 3.63. The van der Waals surface area contributed by atoms with E-state index in [1.807, 2.05) is 18.2 Å². The molecule has 0 saturated heterocycles. The molecule has 1 aliphatic rings. The molecule has 0 bridgehead atoms. The number of hydrogen-bond acceptors (Lipinski definition) is 3. The lowest BCUT2D eigenvalue weighted by Gasteiger charge is -2.28. The Labute approximate surface area is 167 Å². The molecule has 0 unspecified atom stereocenters. The van der Waals surface area contributed by atoms with E-state index in [0.29, 0.717) is 11.3 Å². The number of anilines is 1. The zero-order valence-corrected chi connectivity index (χ0v) is 17.7. The van der Waals surface area contributed by atoms with Crippen molar-refractivity contribution in [2.45, 2.75) is 52.4 Å². The molecule has 0 aliphatic carbocycles. The van der Waals surface area contributed by atoms with Crippen molar-refractivity contribution >= 4 is 23.2 Å². The second-order valence-corrected chi connectivity index (χ2v) is 9.59. The summed E-state index contributed by atoms with van der Waals surface area (Å²) in [5, 5.41) is 20.8. The van der Waals surface area contributed by atoms with Gasteiger partial charge in [-0.3, -0.25) is 4.79 Å². The predicted molar refractivity (Wildman–Crippen MR) is 115 cm³/mol. The molecule has 2 N–H and O–H groups in total. The van der Waals surface area contributed by atoms with Gasteiger partial charge in [0.15, 0.2) is 0 Å². The number of amides is 1. The summed E-state index contributed by atoms with van der Waals surface area (Å²) in [5.74, 6) is 0.336. The SMILES string of the molecule is CN1C(=O)/C(=C\c2cc(C(C)(C)C)c(O)c(C(C)(C)C)c2)c2cc(O)ccc21. The molecule has 0 spiro atoms. The highest BCUT2D eigenvalue weighted by atomic mass is 16.3. The van der Waals surface area contributed by atoms with Crippen LogP contribution in [0, 0.1) is 0 Å².